The Morgan fingerprint density at radius 1 is 1.22 bits per heavy atom. The maximum Gasteiger partial charge on any atom is 0.416 e. The van der Waals surface area contributed by atoms with Crippen LogP contribution in [0.25, 0.3) is 5.69 Å². The summed E-state index contributed by atoms with van der Waals surface area (Å²) >= 11 is 0. The third-order valence-corrected chi connectivity index (χ3v) is 8.25. The van der Waals surface area contributed by atoms with Gasteiger partial charge in [-0.1, -0.05) is 0 Å². The number of anilines is 1. The molecule has 11 heteroatoms. The first-order valence-corrected chi connectivity index (χ1v) is 12.0. The number of benzene rings is 1. The Hall–Kier alpha value is -2.56. The molecule has 2 heterocycles. The summed E-state index contributed by atoms with van der Waals surface area (Å²) in [6.07, 6.45) is -2.57. The van der Waals surface area contributed by atoms with E-state index >= 15 is 0 Å². The van der Waals surface area contributed by atoms with Crippen LogP contribution in [-0.2, 0) is 25.5 Å². The largest absolute Gasteiger partial charge is 0.467 e. The minimum Gasteiger partial charge on any atom is -0.467 e. The number of aryl methyl sites for hydroxylation is 1. The predicted octanol–water partition coefficient (Wildman–Crippen LogP) is 3.14. The van der Waals surface area contributed by atoms with E-state index in [4.69, 9.17) is 4.74 Å². The number of carbonyl (C=O) groups is 1. The second-order valence-electron chi connectivity index (χ2n) is 8.42. The molecule has 1 saturated heterocycles. The molecule has 1 aromatic heterocycles. The van der Waals surface area contributed by atoms with Crippen LogP contribution in [0.1, 0.15) is 30.5 Å². The van der Waals surface area contributed by atoms with Crippen molar-refractivity contribution in [2.24, 2.45) is 5.92 Å². The number of hydrogen-bond donors (Lipinski definition) is 0. The van der Waals surface area contributed by atoms with Gasteiger partial charge >= 0.3 is 12.1 Å². The SMILES string of the molecule is COC(=O)[C@@H]1C[C@@H](S(=O)(=O)CC2CC2)CN1c1cc(C)nn1-c1ccc(C(F)(F)F)cc1. The van der Waals surface area contributed by atoms with E-state index in [0.29, 0.717) is 17.2 Å². The van der Waals surface area contributed by atoms with Gasteiger partial charge in [0.05, 0.1) is 35.1 Å². The fourth-order valence-electron chi connectivity index (χ4n) is 4.09. The fourth-order valence-corrected chi connectivity index (χ4v) is 6.22. The Morgan fingerprint density at radius 2 is 1.88 bits per heavy atom. The number of halogens is 3. The quantitative estimate of drug-likeness (QED) is 0.602. The number of esters is 1. The van der Waals surface area contributed by atoms with E-state index in [1.165, 1.54) is 23.9 Å². The smallest absolute Gasteiger partial charge is 0.416 e. The van der Waals surface area contributed by atoms with Crippen molar-refractivity contribution in [3.05, 3.63) is 41.6 Å². The lowest BCUT2D eigenvalue weighted by Crippen LogP contribution is -2.38. The second kappa shape index (κ2) is 8.09. The molecule has 0 spiro atoms. The average Bonchev–Trinajstić information content (AvgIpc) is 3.26. The van der Waals surface area contributed by atoms with Crippen LogP contribution in [0, 0.1) is 12.8 Å². The lowest BCUT2D eigenvalue weighted by atomic mass is 10.2. The van der Waals surface area contributed by atoms with Crippen LogP contribution in [0.5, 0.6) is 0 Å². The molecular formula is C21H24F3N3O4S. The fraction of sp³-hybridized carbons (Fsp3) is 0.524. The van der Waals surface area contributed by atoms with Crippen LogP contribution in [0.2, 0.25) is 0 Å². The molecule has 0 radical (unpaired) electrons. The summed E-state index contributed by atoms with van der Waals surface area (Å²) in [4.78, 5) is 14.1. The van der Waals surface area contributed by atoms with Gasteiger partial charge in [0.1, 0.15) is 11.9 Å². The number of hydrogen-bond acceptors (Lipinski definition) is 6. The summed E-state index contributed by atoms with van der Waals surface area (Å²) in [5, 5.41) is 3.64. The molecule has 2 aliphatic rings. The highest BCUT2D eigenvalue weighted by atomic mass is 32.2. The van der Waals surface area contributed by atoms with Gasteiger partial charge in [-0.15, -0.1) is 0 Å². The van der Waals surface area contributed by atoms with E-state index in [1.54, 1.807) is 17.9 Å². The van der Waals surface area contributed by atoms with Crippen LogP contribution in [0.4, 0.5) is 19.0 Å². The van der Waals surface area contributed by atoms with Gasteiger partial charge in [-0.05, 0) is 56.4 Å². The van der Waals surface area contributed by atoms with Crippen molar-refractivity contribution in [1.82, 2.24) is 9.78 Å². The monoisotopic (exact) mass is 471 g/mol. The molecule has 1 aliphatic heterocycles. The van der Waals surface area contributed by atoms with Crippen molar-refractivity contribution in [2.45, 2.75) is 43.7 Å². The number of carbonyl (C=O) groups excluding carboxylic acids is 1. The number of alkyl halides is 3. The zero-order valence-electron chi connectivity index (χ0n) is 17.7. The van der Waals surface area contributed by atoms with Gasteiger partial charge in [0.15, 0.2) is 9.84 Å². The molecule has 2 fully saturated rings. The number of ether oxygens (including phenoxy) is 1. The molecule has 174 valence electrons. The standard InChI is InChI=1S/C21H24F3N3O4S/c1-13-9-19(27(25-13)16-7-5-15(6-8-16)21(22,23)24)26-11-17(10-18(26)20(28)31-2)32(29,30)12-14-3-4-14/h5-9,14,17-18H,3-4,10-12H2,1-2H3/t17-,18+/m1/s1. The van der Waals surface area contributed by atoms with Gasteiger partial charge in [-0.3, -0.25) is 0 Å². The van der Waals surface area contributed by atoms with Crippen LogP contribution in [0.3, 0.4) is 0 Å². The highest BCUT2D eigenvalue weighted by Crippen LogP contribution is 2.36. The van der Waals surface area contributed by atoms with Gasteiger partial charge < -0.3 is 9.64 Å². The first-order chi connectivity index (χ1) is 15.0. The lowest BCUT2D eigenvalue weighted by molar-refractivity contribution is -0.142. The number of nitrogens with zero attached hydrogens (tertiary/aromatic N) is 3. The molecule has 0 unspecified atom stereocenters. The zero-order valence-corrected chi connectivity index (χ0v) is 18.5. The van der Waals surface area contributed by atoms with Crippen molar-refractivity contribution in [3.63, 3.8) is 0 Å². The summed E-state index contributed by atoms with van der Waals surface area (Å²) in [6.45, 7) is 1.80. The molecule has 0 amide bonds. The van der Waals surface area contributed by atoms with Crippen LogP contribution in [0.15, 0.2) is 30.3 Å². The Kier molecular flexibility index (Phi) is 5.72. The van der Waals surface area contributed by atoms with Crippen molar-refractivity contribution in [3.8, 4) is 5.69 Å². The molecule has 2 aromatic rings. The number of rotatable bonds is 6. The van der Waals surface area contributed by atoms with Gasteiger partial charge in [0, 0.05) is 12.6 Å². The van der Waals surface area contributed by atoms with E-state index in [0.717, 1.165) is 25.0 Å². The summed E-state index contributed by atoms with van der Waals surface area (Å²) in [6, 6.07) is 5.36. The molecular weight excluding hydrogens is 447 g/mol. The van der Waals surface area contributed by atoms with Crippen molar-refractivity contribution < 1.29 is 31.1 Å². The number of sulfone groups is 1. The number of aromatic nitrogens is 2. The summed E-state index contributed by atoms with van der Waals surface area (Å²) < 4.78 is 71.0. The van der Waals surface area contributed by atoms with Gasteiger partial charge in [0.25, 0.3) is 0 Å². The highest BCUT2D eigenvalue weighted by Gasteiger charge is 2.46. The molecule has 0 N–H and O–H groups in total. The highest BCUT2D eigenvalue weighted by molar-refractivity contribution is 7.92. The first kappa shape index (κ1) is 22.6. The third-order valence-electron chi connectivity index (χ3n) is 5.95. The minimum absolute atomic E-state index is 0.0839. The van der Waals surface area contributed by atoms with Crippen molar-refractivity contribution in [1.29, 1.82) is 0 Å². The van der Waals surface area contributed by atoms with Crippen molar-refractivity contribution >= 4 is 21.6 Å². The molecule has 2 atom stereocenters. The van der Waals surface area contributed by atoms with Gasteiger partial charge in [-0.2, -0.15) is 18.3 Å². The molecule has 7 nitrogen and oxygen atoms in total. The van der Waals surface area contributed by atoms with E-state index in [-0.39, 0.29) is 24.6 Å². The normalized spacial score (nSPS) is 21.7. The molecule has 1 saturated carbocycles. The van der Waals surface area contributed by atoms with E-state index in [2.05, 4.69) is 5.10 Å². The average molecular weight is 472 g/mol. The predicted molar refractivity (Wildman–Crippen MR) is 111 cm³/mol. The maximum atomic E-state index is 12.9. The Balaban J connectivity index is 1.69. The van der Waals surface area contributed by atoms with Gasteiger partial charge in [-0.25, -0.2) is 17.9 Å². The van der Waals surface area contributed by atoms with E-state index in [9.17, 15) is 26.4 Å². The van der Waals surface area contributed by atoms with Crippen molar-refractivity contribution in [2.75, 3.05) is 24.3 Å². The second-order valence-corrected chi connectivity index (χ2v) is 10.7. The maximum absolute atomic E-state index is 12.9. The molecule has 4 rings (SSSR count). The van der Waals surface area contributed by atoms with Crippen LogP contribution in [-0.4, -0.2) is 54.9 Å². The third kappa shape index (κ3) is 4.48. The Bertz CT molecular complexity index is 1110. The molecule has 32 heavy (non-hydrogen) atoms. The Labute approximate surface area is 184 Å². The van der Waals surface area contributed by atoms with Gasteiger partial charge in [0.2, 0.25) is 0 Å². The molecule has 0 bridgehead atoms. The minimum atomic E-state index is -4.46. The zero-order chi connectivity index (χ0) is 23.3. The molecule has 1 aliphatic carbocycles. The Morgan fingerprint density at radius 3 is 2.44 bits per heavy atom. The van der Waals surface area contributed by atoms with Crippen LogP contribution >= 0.6 is 0 Å². The summed E-state index contributed by atoms with van der Waals surface area (Å²) in [5.74, 6) is 0.163. The first-order valence-electron chi connectivity index (χ1n) is 10.3. The summed E-state index contributed by atoms with van der Waals surface area (Å²) in [5.41, 5.74) is 0.160. The summed E-state index contributed by atoms with van der Waals surface area (Å²) in [7, 11) is -2.17. The van der Waals surface area contributed by atoms with E-state index in [1.807, 2.05) is 0 Å². The van der Waals surface area contributed by atoms with E-state index < -0.39 is 38.8 Å². The number of methoxy groups -OCH3 is 1. The van der Waals surface area contributed by atoms with Crippen LogP contribution < -0.4 is 4.90 Å². The molecule has 1 aromatic carbocycles. The lowest BCUT2D eigenvalue weighted by Gasteiger charge is -2.25. The topological polar surface area (TPSA) is 81.5 Å².